The third-order valence-corrected chi connectivity index (χ3v) is 3.27. The van der Waals surface area contributed by atoms with Gasteiger partial charge >= 0.3 is 0 Å². The number of hydrogen-bond donors (Lipinski definition) is 0. The molecule has 0 spiro atoms. The van der Waals surface area contributed by atoms with Crippen LogP contribution in [-0.4, -0.2) is 27.4 Å². The molecular weight excluding hydrogens is 200 g/mol. The highest BCUT2D eigenvalue weighted by molar-refractivity contribution is 4.70. The SMILES string of the molecule is CCCCCC(COC)C(CCC)COC. The zero-order chi connectivity index (χ0) is 12.2. The normalized spacial score (nSPS) is 15.0. The first-order chi connectivity index (χ1) is 7.79. The number of methoxy groups -OCH3 is 2. The predicted molar refractivity (Wildman–Crippen MR) is 69.8 cm³/mol. The first-order valence-corrected chi connectivity index (χ1v) is 6.77. The van der Waals surface area contributed by atoms with E-state index >= 15 is 0 Å². The summed E-state index contributed by atoms with van der Waals surface area (Å²) in [6.07, 6.45) is 7.74. The molecule has 98 valence electrons. The van der Waals surface area contributed by atoms with Crippen LogP contribution in [-0.2, 0) is 9.47 Å². The van der Waals surface area contributed by atoms with Crippen molar-refractivity contribution in [2.75, 3.05) is 27.4 Å². The summed E-state index contributed by atoms with van der Waals surface area (Å²) in [4.78, 5) is 0. The molecule has 0 aromatic carbocycles. The average molecular weight is 230 g/mol. The monoisotopic (exact) mass is 230 g/mol. The van der Waals surface area contributed by atoms with Crippen molar-refractivity contribution >= 4 is 0 Å². The molecule has 0 bridgehead atoms. The van der Waals surface area contributed by atoms with Crippen molar-refractivity contribution in [3.05, 3.63) is 0 Å². The standard InChI is InChI=1S/C14H30O2/c1-5-7-8-10-14(12-16-4)13(9-6-2)11-15-3/h13-14H,5-12H2,1-4H3. The summed E-state index contributed by atoms with van der Waals surface area (Å²) in [5, 5.41) is 0. The molecule has 16 heavy (non-hydrogen) atoms. The van der Waals surface area contributed by atoms with E-state index in [1.165, 1.54) is 38.5 Å². The summed E-state index contributed by atoms with van der Waals surface area (Å²) >= 11 is 0. The largest absolute Gasteiger partial charge is 0.384 e. The van der Waals surface area contributed by atoms with E-state index in [0.717, 1.165) is 13.2 Å². The second-order valence-corrected chi connectivity index (χ2v) is 4.72. The van der Waals surface area contributed by atoms with Crippen molar-refractivity contribution < 1.29 is 9.47 Å². The maximum Gasteiger partial charge on any atom is 0.0493 e. The van der Waals surface area contributed by atoms with Crippen LogP contribution in [0.2, 0.25) is 0 Å². The molecule has 0 fully saturated rings. The minimum atomic E-state index is 0.673. The summed E-state index contributed by atoms with van der Waals surface area (Å²) in [5.74, 6) is 1.35. The maximum absolute atomic E-state index is 5.35. The van der Waals surface area contributed by atoms with Crippen LogP contribution in [0.25, 0.3) is 0 Å². The van der Waals surface area contributed by atoms with Crippen LogP contribution >= 0.6 is 0 Å². The van der Waals surface area contributed by atoms with Gasteiger partial charge in [0.25, 0.3) is 0 Å². The molecule has 0 N–H and O–H groups in total. The zero-order valence-electron chi connectivity index (χ0n) is 11.6. The predicted octanol–water partition coefficient (Wildman–Crippen LogP) is 3.89. The average Bonchev–Trinajstić information content (AvgIpc) is 2.28. The van der Waals surface area contributed by atoms with Gasteiger partial charge in [0.15, 0.2) is 0 Å². The Morgan fingerprint density at radius 3 is 1.75 bits per heavy atom. The molecule has 2 unspecified atom stereocenters. The molecular formula is C14H30O2. The first-order valence-electron chi connectivity index (χ1n) is 6.77. The van der Waals surface area contributed by atoms with Crippen LogP contribution in [0.4, 0.5) is 0 Å². The molecule has 0 aliphatic rings. The van der Waals surface area contributed by atoms with E-state index in [0.29, 0.717) is 11.8 Å². The van der Waals surface area contributed by atoms with Gasteiger partial charge in [0, 0.05) is 27.4 Å². The zero-order valence-corrected chi connectivity index (χ0v) is 11.6. The lowest BCUT2D eigenvalue weighted by molar-refractivity contribution is 0.0602. The molecule has 0 amide bonds. The van der Waals surface area contributed by atoms with Crippen molar-refractivity contribution in [1.29, 1.82) is 0 Å². The van der Waals surface area contributed by atoms with Crippen LogP contribution in [0.1, 0.15) is 52.4 Å². The molecule has 0 saturated heterocycles. The molecule has 0 aliphatic heterocycles. The van der Waals surface area contributed by atoms with Crippen LogP contribution < -0.4 is 0 Å². The molecule has 0 heterocycles. The lowest BCUT2D eigenvalue weighted by Gasteiger charge is -2.26. The quantitative estimate of drug-likeness (QED) is 0.501. The smallest absolute Gasteiger partial charge is 0.0493 e. The maximum atomic E-state index is 5.35. The van der Waals surface area contributed by atoms with Crippen molar-refractivity contribution in [3.63, 3.8) is 0 Å². The van der Waals surface area contributed by atoms with Crippen LogP contribution in [0, 0.1) is 11.8 Å². The van der Waals surface area contributed by atoms with E-state index in [2.05, 4.69) is 13.8 Å². The second-order valence-electron chi connectivity index (χ2n) is 4.72. The molecule has 0 radical (unpaired) electrons. The number of ether oxygens (including phenoxy) is 2. The number of rotatable bonds is 11. The third-order valence-electron chi connectivity index (χ3n) is 3.27. The van der Waals surface area contributed by atoms with Gasteiger partial charge in [0.2, 0.25) is 0 Å². The lowest BCUT2D eigenvalue weighted by atomic mass is 9.85. The number of unbranched alkanes of at least 4 members (excludes halogenated alkanes) is 2. The fraction of sp³-hybridized carbons (Fsp3) is 1.00. The Bertz CT molecular complexity index is 131. The van der Waals surface area contributed by atoms with Gasteiger partial charge in [-0.15, -0.1) is 0 Å². The Balaban J connectivity index is 4.08. The van der Waals surface area contributed by atoms with Crippen molar-refractivity contribution in [2.24, 2.45) is 11.8 Å². The van der Waals surface area contributed by atoms with Crippen molar-refractivity contribution in [2.45, 2.75) is 52.4 Å². The molecule has 0 rings (SSSR count). The van der Waals surface area contributed by atoms with E-state index in [4.69, 9.17) is 9.47 Å². The highest BCUT2D eigenvalue weighted by Gasteiger charge is 2.20. The van der Waals surface area contributed by atoms with Crippen LogP contribution in [0.15, 0.2) is 0 Å². The fourth-order valence-electron chi connectivity index (χ4n) is 2.37. The van der Waals surface area contributed by atoms with E-state index in [9.17, 15) is 0 Å². The van der Waals surface area contributed by atoms with E-state index in [1.54, 1.807) is 7.11 Å². The van der Waals surface area contributed by atoms with Gasteiger partial charge in [-0.25, -0.2) is 0 Å². The molecule has 2 atom stereocenters. The van der Waals surface area contributed by atoms with Crippen molar-refractivity contribution in [1.82, 2.24) is 0 Å². The Kier molecular flexibility index (Phi) is 11.3. The number of hydrogen-bond acceptors (Lipinski definition) is 2. The van der Waals surface area contributed by atoms with Gasteiger partial charge in [-0.05, 0) is 24.7 Å². The van der Waals surface area contributed by atoms with Gasteiger partial charge in [0.1, 0.15) is 0 Å². The summed E-state index contributed by atoms with van der Waals surface area (Å²) in [5.41, 5.74) is 0. The van der Waals surface area contributed by atoms with Gasteiger partial charge in [-0.1, -0.05) is 39.5 Å². The highest BCUT2D eigenvalue weighted by Crippen LogP contribution is 2.24. The Labute approximate surface area is 102 Å². The van der Waals surface area contributed by atoms with E-state index in [1.807, 2.05) is 7.11 Å². The minimum absolute atomic E-state index is 0.673. The first kappa shape index (κ1) is 15.9. The molecule has 0 aliphatic carbocycles. The summed E-state index contributed by atoms with van der Waals surface area (Å²) in [6, 6.07) is 0. The van der Waals surface area contributed by atoms with Gasteiger partial charge in [-0.2, -0.15) is 0 Å². The molecule has 0 aromatic heterocycles. The second kappa shape index (κ2) is 11.4. The fourth-order valence-corrected chi connectivity index (χ4v) is 2.37. The van der Waals surface area contributed by atoms with E-state index in [-0.39, 0.29) is 0 Å². The van der Waals surface area contributed by atoms with E-state index < -0.39 is 0 Å². The van der Waals surface area contributed by atoms with Gasteiger partial charge < -0.3 is 9.47 Å². The molecule has 2 nitrogen and oxygen atoms in total. The van der Waals surface area contributed by atoms with Crippen LogP contribution in [0.3, 0.4) is 0 Å². The van der Waals surface area contributed by atoms with Crippen LogP contribution in [0.5, 0.6) is 0 Å². The Morgan fingerprint density at radius 2 is 1.31 bits per heavy atom. The summed E-state index contributed by atoms with van der Waals surface area (Å²) in [7, 11) is 3.61. The lowest BCUT2D eigenvalue weighted by Crippen LogP contribution is -2.23. The minimum Gasteiger partial charge on any atom is -0.384 e. The Hall–Kier alpha value is -0.0800. The molecule has 2 heteroatoms. The topological polar surface area (TPSA) is 18.5 Å². The third kappa shape index (κ3) is 7.24. The molecule has 0 aromatic rings. The summed E-state index contributed by atoms with van der Waals surface area (Å²) < 4.78 is 10.7. The van der Waals surface area contributed by atoms with Gasteiger partial charge in [0.05, 0.1) is 0 Å². The Morgan fingerprint density at radius 1 is 0.750 bits per heavy atom. The van der Waals surface area contributed by atoms with Crippen molar-refractivity contribution in [3.8, 4) is 0 Å². The van der Waals surface area contributed by atoms with Gasteiger partial charge in [-0.3, -0.25) is 0 Å². The molecule has 0 saturated carbocycles. The summed E-state index contributed by atoms with van der Waals surface area (Å²) in [6.45, 7) is 6.27. The highest BCUT2D eigenvalue weighted by atomic mass is 16.5.